The lowest BCUT2D eigenvalue weighted by atomic mass is 10.0. The van der Waals surface area contributed by atoms with E-state index < -0.39 is 0 Å². The van der Waals surface area contributed by atoms with Crippen LogP contribution in [0.15, 0.2) is 52.2 Å². The van der Waals surface area contributed by atoms with Crippen LogP contribution in [0, 0.1) is 0 Å². The number of carbonyl (C=O) groups is 1. The zero-order valence-corrected chi connectivity index (χ0v) is 11.7. The van der Waals surface area contributed by atoms with Gasteiger partial charge in [-0.05, 0) is 23.8 Å². The highest BCUT2D eigenvalue weighted by Gasteiger charge is 2.33. The van der Waals surface area contributed by atoms with Gasteiger partial charge in [-0.15, -0.1) is 0 Å². The third-order valence-electron chi connectivity index (χ3n) is 3.30. The number of nitrogens with zero attached hydrogens (tertiary/aromatic N) is 2. The van der Waals surface area contributed by atoms with Crippen LogP contribution in [0.2, 0.25) is 5.02 Å². The zero-order valence-electron chi connectivity index (χ0n) is 10.9. The lowest BCUT2D eigenvalue weighted by molar-refractivity contribution is -0.130. The van der Waals surface area contributed by atoms with Gasteiger partial charge >= 0.3 is 0 Å². The molecule has 102 valence electrons. The van der Waals surface area contributed by atoms with Crippen LogP contribution in [0.4, 0.5) is 0 Å². The second-order valence-corrected chi connectivity index (χ2v) is 5.04. The molecule has 2 heterocycles. The van der Waals surface area contributed by atoms with Crippen molar-refractivity contribution in [2.45, 2.75) is 19.4 Å². The highest BCUT2D eigenvalue weighted by Crippen LogP contribution is 2.36. The van der Waals surface area contributed by atoms with Gasteiger partial charge in [0.15, 0.2) is 0 Å². The molecule has 3 rings (SSSR count). The fraction of sp³-hybridized carbons (Fsp3) is 0.200. The second kappa shape index (κ2) is 5.13. The standard InChI is InChI=1S/C15H13ClN2O2/c1-10(19)18-14(11-5-2-3-6-12(11)16)9-13(17-18)15-7-4-8-20-15/h2-8,14H,9H2,1H3. The number of hydrazone groups is 1. The highest BCUT2D eigenvalue weighted by atomic mass is 35.5. The molecular formula is C15H13ClN2O2. The molecule has 20 heavy (non-hydrogen) atoms. The number of halogens is 1. The van der Waals surface area contributed by atoms with Crippen molar-refractivity contribution in [3.05, 3.63) is 59.0 Å². The molecule has 0 fully saturated rings. The molecular weight excluding hydrogens is 276 g/mol. The molecule has 0 bridgehead atoms. The molecule has 1 aliphatic rings. The molecule has 0 radical (unpaired) electrons. The molecule has 2 aromatic rings. The van der Waals surface area contributed by atoms with Crippen molar-refractivity contribution in [3.63, 3.8) is 0 Å². The van der Waals surface area contributed by atoms with Gasteiger partial charge in [0, 0.05) is 18.4 Å². The summed E-state index contributed by atoms with van der Waals surface area (Å²) in [6, 6.07) is 11.0. The predicted molar refractivity (Wildman–Crippen MR) is 76.6 cm³/mol. The van der Waals surface area contributed by atoms with Gasteiger partial charge in [0.25, 0.3) is 0 Å². The van der Waals surface area contributed by atoms with Gasteiger partial charge in [-0.3, -0.25) is 4.79 Å². The van der Waals surface area contributed by atoms with Crippen LogP contribution in [0.1, 0.15) is 30.7 Å². The van der Waals surface area contributed by atoms with Crippen molar-refractivity contribution >= 4 is 23.2 Å². The van der Waals surface area contributed by atoms with Crippen molar-refractivity contribution in [2.24, 2.45) is 5.10 Å². The van der Waals surface area contributed by atoms with Crippen LogP contribution in [0.25, 0.3) is 0 Å². The van der Waals surface area contributed by atoms with Crippen LogP contribution >= 0.6 is 11.6 Å². The van der Waals surface area contributed by atoms with E-state index in [2.05, 4.69) is 5.10 Å². The van der Waals surface area contributed by atoms with Crippen LogP contribution in [-0.2, 0) is 4.79 Å². The molecule has 1 amide bonds. The third kappa shape index (κ3) is 2.23. The Morgan fingerprint density at radius 1 is 1.35 bits per heavy atom. The molecule has 1 aliphatic heterocycles. The normalized spacial score (nSPS) is 18.2. The van der Waals surface area contributed by atoms with Crippen molar-refractivity contribution in [1.29, 1.82) is 0 Å². The van der Waals surface area contributed by atoms with E-state index in [4.69, 9.17) is 16.0 Å². The van der Waals surface area contributed by atoms with E-state index in [1.807, 2.05) is 30.3 Å². The lowest BCUT2D eigenvalue weighted by Crippen LogP contribution is -2.24. The van der Waals surface area contributed by atoms with Crippen molar-refractivity contribution in [1.82, 2.24) is 5.01 Å². The summed E-state index contributed by atoms with van der Waals surface area (Å²) in [5.41, 5.74) is 1.66. The Balaban J connectivity index is 1.98. The number of benzene rings is 1. The minimum absolute atomic E-state index is 0.114. The molecule has 0 aliphatic carbocycles. The average Bonchev–Trinajstić information content (AvgIpc) is 3.08. The summed E-state index contributed by atoms with van der Waals surface area (Å²) in [4.78, 5) is 11.8. The Morgan fingerprint density at radius 3 is 2.80 bits per heavy atom. The maximum absolute atomic E-state index is 11.8. The largest absolute Gasteiger partial charge is 0.463 e. The van der Waals surface area contributed by atoms with E-state index in [9.17, 15) is 4.79 Å². The third-order valence-corrected chi connectivity index (χ3v) is 3.65. The Kier molecular flexibility index (Phi) is 3.32. The molecule has 1 aromatic carbocycles. The minimum atomic E-state index is -0.179. The first-order valence-electron chi connectivity index (χ1n) is 6.32. The van der Waals surface area contributed by atoms with Gasteiger partial charge in [-0.1, -0.05) is 29.8 Å². The number of hydrogen-bond donors (Lipinski definition) is 0. The Bertz CT molecular complexity index is 664. The van der Waals surface area contributed by atoms with E-state index in [1.165, 1.54) is 11.9 Å². The van der Waals surface area contributed by atoms with Gasteiger partial charge in [0.2, 0.25) is 5.91 Å². The van der Waals surface area contributed by atoms with Crippen molar-refractivity contribution in [2.75, 3.05) is 0 Å². The Labute approximate surface area is 121 Å². The van der Waals surface area contributed by atoms with Crippen LogP contribution < -0.4 is 0 Å². The van der Waals surface area contributed by atoms with Crippen molar-refractivity contribution in [3.8, 4) is 0 Å². The van der Waals surface area contributed by atoms with Gasteiger partial charge in [-0.25, -0.2) is 5.01 Å². The van der Waals surface area contributed by atoms with E-state index >= 15 is 0 Å². The first-order valence-corrected chi connectivity index (χ1v) is 6.70. The van der Waals surface area contributed by atoms with Gasteiger partial charge in [0.05, 0.1) is 12.3 Å². The summed E-state index contributed by atoms with van der Waals surface area (Å²) in [7, 11) is 0. The Morgan fingerprint density at radius 2 is 2.15 bits per heavy atom. The first kappa shape index (κ1) is 12.9. The van der Waals surface area contributed by atoms with E-state index in [0.29, 0.717) is 17.2 Å². The Hall–Kier alpha value is -2.07. The molecule has 0 saturated carbocycles. The lowest BCUT2D eigenvalue weighted by Gasteiger charge is -2.21. The van der Waals surface area contributed by atoms with Gasteiger partial charge < -0.3 is 4.42 Å². The summed E-state index contributed by atoms with van der Waals surface area (Å²) < 4.78 is 5.36. The number of hydrogen-bond acceptors (Lipinski definition) is 3. The maximum atomic E-state index is 11.8. The molecule has 1 unspecified atom stereocenters. The summed E-state index contributed by atoms with van der Waals surface area (Å²) in [6.07, 6.45) is 2.19. The summed E-state index contributed by atoms with van der Waals surface area (Å²) >= 11 is 6.23. The maximum Gasteiger partial charge on any atom is 0.240 e. The molecule has 0 saturated heterocycles. The highest BCUT2D eigenvalue weighted by molar-refractivity contribution is 6.31. The number of amides is 1. The van der Waals surface area contributed by atoms with E-state index in [0.717, 1.165) is 11.3 Å². The summed E-state index contributed by atoms with van der Waals surface area (Å²) in [6.45, 7) is 1.50. The smallest absolute Gasteiger partial charge is 0.240 e. The molecule has 4 nitrogen and oxygen atoms in total. The van der Waals surface area contributed by atoms with Crippen LogP contribution in [0.5, 0.6) is 0 Å². The zero-order chi connectivity index (χ0) is 14.1. The summed E-state index contributed by atoms with van der Waals surface area (Å²) in [5, 5.41) is 6.49. The topological polar surface area (TPSA) is 45.8 Å². The quantitative estimate of drug-likeness (QED) is 0.847. The first-order chi connectivity index (χ1) is 9.66. The van der Waals surface area contributed by atoms with Crippen LogP contribution in [0.3, 0.4) is 0 Å². The van der Waals surface area contributed by atoms with Crippen LogP contribution in [-0.4, -0.2) is 16.6 Å². The fourth-order valence-corrected chi connectivity index (χ4v) is 2.64. The predicted octanol–water partition coefficient (Wildman–Crippen LogP) is 3.63. The molecule has 1 atom stereocenters. The number of rotatable bonds is 2. The minimum Gasteiger partial charge on any atom is -0.463 e. The fourth-order valence-electron chi connectivity index (χ4n) is 2.38. The van der Waals surface area contributed by atoms with E-state index in [-0.39, 0.29) is 11.9 Å². The second-order valence-electron chi connectivity index (χ2n) is 4.63. The molecule has 0 spiro atoms. The van der Waals surface area contributed by atoms with Gasteiger partial charge in [-0.2, -0.15) is 5.10 Å². The summed E-state index contributed by atoms with van der Waals surface area (Å²) in [5.74, 6) is 0.572. The molecule has 5 heteroatoms. The SMILES string of the molecule is CC(=O)N1N=C(c2ccco2)CC1c1ccccc1Cl. The molecule has 1 aromatic heterocycles. The van der Waals surface area contributed by atoms with Gasteiger partial charge in [0.1, 0.15) is 11.5 Å². The van der Waals surface area contributed by atoms with E-state index in [1.54, 1.807) is 12.3 Å². The number of furan rings is 1. The monoisotopic (exact) mass is 288 g/mol. The number of carbonyl (C=O) groups excluding carboxylic acids is 1. The van der Waals surface area contributed by atoms with Crippen molar-refractivity contribution < 1.29 is 9.21 Å². The average molecular weight is 289 g/mol. The molecule has 0 N–H and O–H groups in total.